The highest BCUT2D eigenvalue weighted by molar-refractivity contribution is 7.12. The molecule has 1 aromatic rings. The molecular weight excluding hydrogens is 265 g/mol. The van der Waals surface area contributed by atoms with Gasteiger partial charge in [0.25, 0.3) is 0 Å². The van der Waals surface area contributed by atoms with Crippen LogP contribution in [0.15, 0.2) is 12.1 Å². The van der Waals surface area contributed by atoms with Crippen LogP contribution < -0.4 is 0 Å². The minimum absolute atomic E-state index is 0.0233. The number of hydrogen-bond donors (Lipinski definition) is 0. The Bertz CT molecular complexity index is 385. The molecular formula is C12H15F3O2S. The molecule has 0 unspecified atom stereocenters. The van der Waals surface area contributed by atoms with Gasteiger partial charge in [-0.1, -0.05) is 6.92 Å². The third-order valence-electron chi connectivity index (χ3n) is 2.23. The number of rotatable bonds is 7. The summed E-state index contributed by atoms with van der Waals surface area (Å²) in [7, 11) is 0. The molecule has 0 saturated heterocycles. The monoisotopic (exact) mass is 280 g/mol. The molecule has 0 atom stereocenters. The Balaban J connectivity index is 2.21. The van der Waals surface area contributed by atoms with Gasteiger partial charge < -0.3 is 4.74 Å². The van der Waals surface area contributed by atoms with E-state index in [4.69, 9.17) is 0 Å². The third-order valence-corrected chi connectivity index (χ3v) is 3.46. The molecule has 0 saturated carbocycles. The molecule has 0 amide bonds. The number of ether oxygens (including phenoxy) is 1. The van der Waals surface area contributed by atoms with Crippen LogP contribution in [0.3, 0.4) is 0 Å². The van der Waals surface area contributed by atoms with E-state index in [0.717, 1.165) is 11.3 Å². The van der Waals surface area contributed by atoms with Gasteiger partial charge in [-0.05, 0) is 18.6 Å². The Morgan fingerprint density at radius 1 is 1.33 bits per heavy atom. The number of carbonyl (C=O) groups excluding carboxylic acids is 1. The second kappa shape index (κ2) is 6.89. The van der Waals surface area contributed by atoms with Gasteiger partial charge in [0.1, 0.15) is 12.4 Å². The van der Waals surface area contributed by atoms with E-state index in [0.29, 0.717) is 0 Å². The van der Waals surface area contributed by atoms with Crippen LogP contribution in [0.5, 0.6) is 0 Å². The van der Waals surface area contributed by atoms with Gasteiger partial charge in [-0.3, -0.25) is 4.79 Å². The lowest BCUT2D eigenvalue weighted by Gasteiger charge is -2.06. The molecule has 1 heterocycles. The molecule has 0 spiro atoms. The summed E-state index contributed by atoms with van der Waals surface area (Å²) >= 11 is 1.56. The average Bonchev–Trinajstić information content (AvgIpc) is 2.71. The molecule has 1 aromatic heterocycles. The molecule has 0 bridgehead atoms. The summed E-state index contributed by atoms with van der Waals surface area (Å²) in [4.78, 5) is 13.6. The highest BCUT2D eigenvalue weighted by Gasteiger charge is 2.27. The maximum absolute atomic E-state index is 11.8. The second-order valence-electron chi connectivity index (χ2n) is 3.85. The molecule has 18 heavy (non-hydrogen) atoms. The van der Waals surface area contributed by atoms with Gasteiger partial charge in [-0.2, -0.15) is 13.2 Å². The number of Topliss-reactive ketones (excluding diaryl/α,β-unsaturated/α-hetero) is 1. The number of aryl methyl sites for hydroxylation is 1. The summed E-state index contributed by atoms with van der Waals surface area (Å²) in [5.74, 6) is -0.0957. The molecule has 2 nitrogen and oxygen atoms in total. The predicted octanol–water partition coefficient (Wildman–Crippen LogP) is 3.39. The minimum atomic E-state index is -4.33. The van der Waals surface area contributed by atoms with E-state index in [1.807, 2.05) is 19.1 Å². The second-order valence-corrected chi connectivity index (χ2v) is 5.11. The van der Waals surface area contributed by atoms with Crippen LogP contribution in [0.2, 0.25) is 0 Å². The maximum Gasteiger partial charge on any atom is 0.411 e. The molecule has 1 rings (SSSR count). The Labute approximate surface area is 108 Å². The summed E-state index contributed by atoms with van der Waals surface area (Å²) in [5.41, 5.74) is 0. The SMILES string of the molecule is CCc1ccc(CC(=O)CCOCC(F)(F)F)s1. The normalized spacial score (nSPS) is 11.8. The van der Waals surface area contributed by atoms with Crippen LogP contribution in [-0.4, -0.2) is 25.2 Å². The first-order chi connectivity index (χ1) is 8.40. The molecule has 102 valence electrons. The topological polar surface area (TPSA) is 26.3 Å². The van der Waals surface area contributed by atoms with Gasteiger partial charge in [0.2, 0.25) is 0 Å². The van der Waals surface area contributed by atoms with Crippen molar-refractivity contribution < 1.29 is 22.7 Å². The lowest BCUT2D eigenvalue weighted by atomic mass is 10.2. The number of ketones is 1. The largest absolute Gasteiger partial charge is 0.411 e. The van der Waals surface area contributed by atoms with E-state index < -0.39 is 12.8 Å². The number of thiophene rings is 1. The Morgan fingerprint density at radius 2 is 2.00 bits per heavy atom. The standard InChI is InChI=1S/C12H15F3O2S/c1-2-10-3-4-11(18-10)7-9(16)5-6-17-8-12(13,14)15/h3-4H,2,5-8H2,1H3. The van der Waals surface area contributed by atoms with Gasteiger partial charge in [-0.25, -0.2) is 0 Å². The molecule has 0 fully saturated rings. The van der Waals surface area contributed by atoms with E-state index >= 15 is 0 Å². The summed E-state index contributed by atoms with van der Waals surface area (Å²) in [6.07, 6.45) is -3.10. The molecule has 6 heteroatoms. The third kappa shape index (κ3) is 6.16. The molecule has 0 aliphatic rings. The van der Waals surface area contributed by atoms with Gasteiger partial charge in [0.15, 0.2) is 0 Å². The highest BCUT2D eigenvalue weighted by Crippen LogP contribution is 2.18. The van der Waals surface area contributed by atoms with Crippen molar-refractivity contribution in [2.24, 2.45) is 0 Å². The number of carbonyl (C=O) groups is 1. The van der Waals surface area contributed by atoms with E-state index in [1.54, 1.807) is 11.3 Å². The van der Waals surface area contributed by atoms with Crippen molar-refractivity contribution in [1.29, 1.82) is 0 Å². The Hall–Kier alpha value is -0.880. The smallest absolute Gasteiger partial charge is 0.372 e. The van der Waals surface area contributed by atoms with Crippen LogP contribution in [0.1, 0.15) is 23.1 Å². The lowest BCUT2D eigenvalue weighted by Crippen LogP contribution is -2.18. The van der Waals surface area contributed by atoms with Crippen LogP contribution in [0.4, 0.5) is 13.2 Å². The van der Waals surface area contributed by atoms with Crippen molar-refractivity contribution in [3.05, 3.63) is 21.9 Å². The van der Waals surface area contributed by atoms with Crippen LogP contribution >= 0.6 is 11.3 Å². The van der Waals surface area contributed by atoms with E-state index in [9.17, 15) is 18.0 Å². The summed E-state index contributed by atoms with van der Waals surface area (Å²) in [6.45, 7) is 0.562. The van der Waals surface area contributed by atoms with Gasteiger partial charge in [0, 0.05) is 22.6 Å². The zero-order valence-corrected chi connectivity index (χ0v) is 10.9. The zero-order valence-electron chi connectivity index (χ0n) is 10.0. The molecule has 0 aliphatic carbocycles. The quantitative estimate of drug-likeness (QED) is 0.716. The number of hydrogen-bond acceptors (Lipinski definition) is 3. The maximum atomic E-state index is 11.8. The first-order valence-electron chi connectivity index (χ1n) is 5.64. The number of halogens is 3. The van der Waals surface area contributed by atoms with E-state index in [-0.39, 0.29) is 25.2 Å². The average molecular weight is 280 g/mol. The minimum Gasteiger partial charge on any atom is -0.372 e. The fraction of sp³-hybridized carbons (Fsp3) is 0.583. The molecule has 0 N–H and O–H groups in total. The zero-order chi connectivity index (χ0) is 13.6. The Morgan fingerprint density at radius 3 is 2.56 bits per heavy atom. The van der Waals surface area contributed by atoms with Crippen molar-refractivity contribution in [3.63, 3.8) is 0 Å². The van der Waals surface area contributed by atoms with Crippen LogP contribution in [0.25, 0.3) is 0 Å². The summed E-state index contributed by atoms with van der Waals surface area (Å²) in [5, 5.41) is 0. The van der Waals surface area contributed by atoms with E-state index in [1.165, 1.54) is 4.88 Å². The van der Waals surface area contributed by atoms with Crippen molar-refractivity contribution in [2.45, 2.75) is 32.4 Å². The van der Waals surface area contributed by atoms with Crippen molar-refractivity contribution in [1.82, 2.24) is 0 Å². The highest BCUT2D eigenvalue weighted by atomic mass is 32.1. The van der Waals surface area contributed by atoms with E-state index in [2.05, 4.69) is 4.74 Å². The first-order valence-corrected chi connectivity index (χ1v) is 6.46. The molecule has 0 radical (unpaired) electrons. The van der Waals surface area contributed by atoms with Crippen molar-refractivity contribution in [2.75, 3.05) is 13.2 Å². The van der Waals surface area contributed by atoms with Crippen molar-refractivity contribution >= 4 is 17.1 Å². The predicted molar refractivity (Wildman–Crippen MR) is 63.9 cm³/mol. The van der Waals surface area contributed by atoms with Gasteiger partial charge >= 0.3 is 6.18 Å². The summed E-state index contributed by atoms with van der Waals surface area (Å²) < 4.78 is 39.7. The lowest BCUT2D eigenvalue weighted by molar-refractivity contribution is -0.174. The Kier molecular flexibility index (Phi) is 5.81. The van der Waals surface area contributed by atoms with Crippen LogP contribution in [-0.2, 0) is 22.4 Å². The fourth-order valence-corrected chi connectivity index (χ4v) is 2.35. The fourth-order valence-electron chi connectivity index (χ4n) is 1.36. The van der Waals surface area contributed by atoms with Crippen LogP contribution in [0, 0.1) is 0 Å². The van der Waals surface area contributed by atoms with Gasteiger partial charge in [-0.15, -0.1) is 11.3 Å². The van der Waals surface area contributed by atoms with Crippen molar-refractivity contribution in [3.8, 4) is 0 Å². The first kappa shape index (κ1) is 15.2. The number of alkyl halides is 3. The van der Waals surface area contributed by atoms with Gasteiger partial charge in [0.05, 0.1) is 6.61 Å². The molecule has 0 aromatic carbocycles. The molecule has 0 aliphatic heterocycles. The summed E-state index contributed by atoms with van der Waals surface area (Å²) in [6, 6.07) is 3.85.